The van der Waals surface area contributed by atoms with Crippen LogP contribution in [0.5, 0.6) is 0 Å². The highest BCUT2D eigenvalue weighted by Gasteiger charge is 2.17. The van der Waals surface area contributed by atoms with Crippen molar-refractivity contribution >= 4 is 28.5 Å². The van der Waals surface area contributed by atoms with E-state index in [4.69, 9.17) is 4.74 Å². The number of ether oxygens (including phenoxy) is 1. The van der Waals surface area contributed by atoms with E-state index in [2.05, 4.69) is 10.3 Å². The number of esters is 1. The summed E-state index contributed by atoms with van der Waals surface area (Å²) in [6.07, 6.45) is 3.47. The van der Waals surface area contributed by atoms with Crippen LogP contribution in [0.25, 0.3) is 10.9 Å². The zero-order valence-corrected chi connectivity index (χ0v) is 16.8. The number of benzene rings is 2. The molecule has 2 aromatic carbocycles. The van der Waals surface area contributed by atoms with Crippen LogP contribution in [-0.4, -0.2) is 28.0 Å². The van der Waals surface area contributed by atoms with Gasteiger partial charge in [-0.1, -0.05) is 13.3 Å². The number of carbonyl (C=O) groups is 2. The van der Waals surface area contributed by atoms with Gasteiger partial charge in [-0.2, -0.15) is 0 Å². The van der Waals surface area contributed by atoms with Crippen molar-refractivity contribution in [2.75, 3.05) is 11.9 Å². The Balaban J connectivity index is 1.48. The van der Waals surface area contributed by atoms with E-state index >= 15 is 0 Å². The first-order valence-electron chi connectivity index (χ1n) is 10.2. The maximum atomic E-state index is 12.7. The van der Waals surface area contributed by atoms with E-state index in [0.717, 1.165) is 31.5 Å². The molecule has 4 rings (SSSR count). The molecule has 0 saturated carbocycles. The van der Waals surface area contributed by atoms with Crippen LogP contribution in [0.3, 0.4) is 0 Å². The van der Waals surface area contributed by atoms with Crippen molar-refractivity contribution in [1.29, 1.82) is 0 Å². The molecule has 0 spiro atoms. The van der Waals surface area contributed by atoms with Gasteiger partial charge in [0.2, 0.25) is 0 Å². The van der Waals surface area contributed by atoms with Crippen molar-refractivity contribution < 1.29 is 14.3 Å². The largest absolute Gasteiger partial charge is 0.462 e. The average Bonchev–Trinajstić information content (AvgIpc) is 3.23. The standard InChI is InChI=1S/C23H23N3O4/c1-2-3-13-30-23(29)15-6-9-17(10-7-15)24-21(27)16-8-11-18-19(14-16)25-20-5-4-12-26(20)22(18)28/h6-11,14H,2-5,12-13H2,1H3,(H,24,27). The first-order chi connectivity index (χ1) is 14.6. The summed E-state index contributed by atoms with van der Waals surface area (Å²) >= 11 is 0. The number of nitrogens with one attached hydrogen (secondary N) is 1. The van der Waals surface area contributed by atoms with Gasteiger partial charge in [-0.15, -0.1) is 0 Å². The Morgan fingerprint density at radius 1 is 1.13 bits per heavy atom. The van der Waals surface area contributed by atoms with Gasteiger partial charge in [0.1, 0.15) is 5.82 Å². The van der Waals surface area contributed by atoms with Gasteiger partial charge in [0.05, 0.1) is 23.1 Å². The summed E-state index contributed by atoms with van der Waals surface area (Å²) in [7, 11) is 0. The minimum absolute atomic E-state index is 0.0548. The Labute approximate surface area is 173 Å². The number of rotatable bonds is 6. The number of hydrogen-bond donors (Lipinski definition) is 1. The molecule has 0 unspecified atom stereocenters. The lowest BCUT2D eigenvalue weighted by Gasteiger charge is -2.09. The monoisotopic (exact) mass is 405 g/mol. The lowest BCUT2D eigenvalue weighted by Crippen LogP contribution is -2.21. The molecule has 3 aromatic rings. The predicted octanol–water partition coefficient (Wildman–Crippen LogP) is 3.55. The number of nitrogens with zero attached hydrogens (tertiary/aromatic N) is 2. The molecule has 1 aliphatic heterocycles. The molecule has 0 fully saturated rings. The van der Waals surface area contributed by atoms with E-state index in [1.807, 2.05) is 6.92 Å². The molecule has 7 nitrogen and oxygen atoms in total. The van der Waals surface area contributed by atoms with Crippen molar-refractivity contribution in [2.24, 2.45) is 0 Å². The summed E-state index contributed by atoms with van der Waals surface area (Å²) in [4.78, 5) is 41.7. The molecule has 1 N–H and O–H groups in total. The Morgan fingerprint density at radius 2 is 1.90 bits per heavy atom. The number of fused-ring (bicyclic) bond motifs is 2. The SMILES string of the molecule is CCCCOC(=O)c1ccc(NC(=O)c2ccc3c(=O)n4c(nc3c2)CCC4)cc1. The highest BCUT2D eigenvalue weighted by Crippen LogP contribution is 2.18. The van der Waals surface area contributed by atoms with Gasteiger partial charge in [0.15, 0.2) is 0 Å². The third kappa shape index (κ3) is 3.96. The predicted molar refractivity (Wildman–Crippen MR) is 114 cm³/mol. The van der Waals surface area contributed by atoms with Gasteiger partial charge in [0, 0.05) is 24.2 Å². The molecule has 0 aliphatic carbocycles. The average molecular weight is 405 g/mol. The molecule has 1 aromatic heterocycles. The van der Waals surface area contributed by atoms with E-state index in [1.54, 1.807) is 47.0 Å². The molecule has 7 heteroatoms. The van der Waals surface area contributed by atoms with Crippen LogP contribution in [0.4, 0.5) is 5.69 Å². The van der Waals surface area contributed by atoms with Crippen LogP contribution in [0, 0.1) is 0 Å². The van der Waals surface area contributed by atoms with Crippen molar-refractivity contribution in [3.63, 3.8) is 0 Å². The van der Waals surface area contributed by atoms with Crippen LogP contribution in [0.2, 0.25) is 0 Å². The number of anilines is 1. The van der Waals surface area contributed by atoms with Crippen LogP contribution < -0.4 is 10.9 Å². The summed E-state index contributed by atoms with van der Waals surface area (Å²) in [5.74, 6) is 0.0878. The van der Waals surface area contributed by atoms with Crippen molar-refractivity contribution in [1.82, 2.24) is 9.55 Å². The number of hydrogen-bond acceptors (Lipinski definition) is 5. The lowest BCUT2D eigenvalue weighted by molar-refractivity contribution is 0.0499. The van der Waals surface area contributed by atoms with Gasteiger partial charge in [-0.3, -0.25) is 14.2 Å². The zero-order chi connectivity index (χ0) is 21.1. The Kier molecular flexibility index (Phi) is 5.61. The molecule has 1 aliphatic rings. The lowest BCUT2D eigenvalue weighted by atomic mass is 10.1. The molecule has 30 heavy (non-hydrogen) atoms. The molecular weight excluding hydrogens is 382 g/mol. The number of aromatic nitrogens is 2. The van der Waals surface area contributed by atoms with E-state index in [1.165, 1.54) is 0 Å². The molecule has 0 saturated heterocycles. The van der Waals surface area contributed by atoms with Crippen molar-refractivity contribution in [3.8, 4) is 0 Å². The number of carbonyl (C=O) groups excluding carboxylic acids is 2. The number of aryl methyl sites for hydroxylation is 1. The highest BCUT2D eigenvalue weighted by molar-refractivity contribution is 6.06. The van der Waals surface area contributed by atoms with Crippen molar-refractivity contribution in [3.05, 3.63) is 69.8 Å². The molecular formula is C23H23N3O4. The number of amides is 1. The van der Waals surface area contributed by atoms with Gasteiger partial charge >= 0.3 is 5.97 Å². The molecule has 2 heterocycles. The first-order valence-corrected chi connectivity index (χ1v) is 10.2. The first kappa shape index (κ1) is 19.8. The van der Waals surface area contributed by atoms with Gasteiger partial charge < -0.3 is 10.1 Å². The molecule has 0 bridgehead atoms. The smallest absolute Gasteiger partial charge is 0.338 e. The molecule has 0 radical (unpaired) electrons. The summed E-state index contributed by atoms with van der Waals surface area (Å²) in [5.41, 5.74) is 1.90. The van der Waals surface area contributed by atoms with Gasteiger partial charge in [-0.25, -0.2) is 9.78 Å². The van der Waals surface area contributed by atoms with E-state index < -0.39 is 0 Å². The van der Waals surface area contributed by atoms with Crippen LogP contribution in [0.15, 0.2) is 47.3 Å². The Hall–Kier alpha value is -3.48. The highest BCUT2D eigenvalue weighted by atomic mass is 16.5. The van der Waals surface area contributed by atoms with Gasteiger partial charge in [-0.05, 0) is 55.3 Å². The fourth-order valence-electron chi connectivity index (χ4n) is 3.51. The molecule has 1 amide bonds. The Bertz CT molecular complexity index is 1170. The second-order valence-electron chi connectivity index (χ2n) is 7.34. The zero-order valence-electron chi connectivity index (χ0n) is 16.8. The van der Waals surface area contributed by atoms with E-state index in [9.17, 15) is 14.4 Å². The fourth-order valence-corrected chi connectivity index (χ4v) is 3.51. The maximum Gasteiger partial charge on any atom is 0.338 e. The summed E-state index contributed by atoms with van der Waals surface area (Å²) in [5, 5.41) is 3.32. The van der Waals surface area contributed by atoms with Crippen molar-refractivity contribution in [2.45, 2.75) is 39.2 Å². The van der Waals surface area contributed by atoms with E-state index in [0.29, 0.717) is 40.9 Å². The Morgan fingerprint density at radius 3 is 2.67 bits per heavy atom. The maximum absolute atomic E-state index is 12.7. The second kappa shape index (κ2) is 8.49. The van der Waals surface area contributed by atoms with Crippen LogP contribution in [-0.2, 0) is 17.7 Å². The third-order valence-electron chi connectivity index (χ3n) is 5.19. The van der Waals surface area contributed by atoms with Crippen LogP contribution in [0.1, 0.15) is 52.7 Å². The summed E-state index contributed by atoms with van der Waals surface area (Å²) in [6.45, 7) is 3.13. The minimum Gasteiger partial charge on any atom is -0.462 e. The van der Waals surface area contributed by atoms with E-state index in [-0.39, 0.29) is 17.4 Å². The second-order valence-corrected chi connectivity index (χ2v) is 7.34. The summed E-state index contributed by atoms with van der Waals surface area (Å²) in [6, 6.07) is 11.5. The topological polar surface area (TPSA) is 90.3 Å². The van der Waals surface area contributed by atoms with Gasteiger partial charge in [0.25, 0.3) is 11.5 Å². The number of unbranched alkanes of at least 4 members (excludes halogenated alkanes) is 1. The minimum atomic E-state index is -0.374. The normalized spacial score (nSPS) is 12.6. The molecule has 154 valence electrons. The quantitative estimate of drug-likeness (QED) is 0.500. The third-order valence-corrected chi connectivity index (χ3v) is 5.19. The molecule has 0 atom stereocenters. The summed E-state index contributed by atoms with van der Waals surface area (Å²) < 4.78 is 6.89. The van der Waals surface area contributed by atoms with Crippen LogP contribution >= 0.6 is 0 Å². The fraction of sp³-hybridized carbons (Fsp3) is 0.304.